The molecule has 0 spiro atoms. The van der Waals surface area contributed by atoms with Gasteiger partial charge in [-0.3, -0.25) is 0 Å². The van der Waals surface area contributed by atoms with Gasteiger partial charge >= 0.3 is 11.8 Å². The second kappa shape index (κ2) is 2.14. The maximum absolute atomic E-state index is 12.4. The Balaban J connectivity index is 3.00. The van der Waals surface area contributed by atoms with Crippen molar-refractivity contribution in [3.63, 3.8) is 0 Å². The summed E-state index contributed by atoms with van der Waals surface area (Å²) in [6, 6.07) is 0. The van der Waals surface area contributed by atoms with E-state index in [0.717, 1.165) is 0 Å². The average molecular weight is 213 g/mol. The van der Waals surface area contributed by atoms with E-state index >= 15 is 0 Å². The molecule has 0 aliphatic carbocycles. The molecular formula is C4H2Cl2F4O. The zero-order chi connectivity index (χ0) is 8.91. The summed E-state index contributed by atoms with van der Waals surface area (Å²) in [5, 5.41) is 0. The summed E-state index contributed by atoms with van der Waals surface area (Å²) in [5.74, 6) is -8.83. The van der Waals surface area contributed by atoms with Crippen LogP contribution >= 0.6 is 23.2 Å². The molecule has 0 atom stereocenters. The highest BCUT2D eigenvalue weighted by Gasteiger charge is 2.75. The summed E-state index contributed by atoms with van der Waals surface area (Å²) in [4.78, 5) is 0. The molecule has 1 nitrogen and oxygen atoms in total. The van der Waals surface area contributed by atoms with E-state index in [0.29, 0.717) is 0 Å². The van der Waals surface area contributed by atoms with Crippen molar-refractivity contribution in [1.82, 2.24) is 0 Å². The molecule has 0 aromatic heterocycles. The Morgan fingerprint density at radius 1 is 1.09 bits per heavy atom. The van der Waals surface area contributed by atoms with Crippen LogP contribution in [0, 0.1) is 0 Å². The summed E-state index contributed by atoms with van der Waals surface area (Å²) in [6.07, 6.45) is 0. The molecule has 0 aromatic carbocycles. The predicted molar refractivity (Wildman–Crippen MR) is 30.3 cm³/mol. The first-order valence-electron chi connectivity index (χ1n) is 2.48. The zero-order valence-electron chi connectivity index (χ0n) is 4.88. The molecule has 1 saturated heterocycles. The number of hydrogen-bond acceptors (Lipinski definition) is 1. The number of rotatable bonds is 0. The molecule has 66 valence electrons. The molecule has 0 radical (unpaired) electrons. The Kier molecular flexibility index (Phi) is 1.82. The standard InChI is InChI=1S/C4H2Cl2F4O/c5-4(6)3(9,10)2(7,8)1-11-4/h1H2. The minimum Gasteiger partial charge on any atom is -0.335 e. The van der Waals surface area contributed by atoms with E-state index in [-0.39, 0.29) is 0 Å². The van der Waals surface area contributed by atoms with E-state index in [2.05, 4.69) is 4.74 Å². The molecule has 0 saturated carbocycles. The maximum Gasteiger partial charge on any atom is 0.368 e. The molecule has 1 heterocycles. The summed E-state index contributed by atoms with van der Waals surface area (Å²) in [5.41, 5.74) is 0. The number of ether oxygens (including phenoxy) is 1. The van der Waals surface area contributed by atoms with Crippen LogP contribution < -0.4 is 0 Å². The van der Waals surface area contributed by atoms with Crippen LogP contribution in [0.15, 0.2) is 0 Å². The van der Waals surface area contributed by atoms with E-state index in [4.69, 9.17) is 23.2 Å². The summed E-state index contributed by atoms with van der Waals surface area (Å²) < 4.78 is 49.8. The fourth-order valence-corrected chi connectivity index (χ4v) is 0.961. The first-order valence-corrected chi connectivity index (χ1v) is 3.24. The van der Waals surface area contributed by atoms with Crippen molar-refractivity contribution in [3.8, 4) is 0 Å². The van der Waals surface area contributed by atoms with Crippen molar-refractivity contribution >= 4 is 23.2 Å². The van der Waals surface area contributed by atoms with Gasteiger partial charge in [-0.25, -0.2) is 0 Å². The van der Waals surface area contributed by atoms with Crippen LogP contribution in [0.2, 0.25) is 0 Å². The lowest BCUT2D eigenvalue weighted by Crippen LogP contribution is -2.46. The van der Waals surface area contributed by atoms with Crippen LogP contribution in [0.4, 0.5) is 17.6 Å². The molecule has 0 amide bonds. The van der Waals surface area contributed by atoms with Crippen molar-refractivity contribution in [1.29, 1.82) is 0 Å². The minimum absolute atomic E-state index is 1.47. The van der Waals surface area contributed by atoms with Crippen LogP contribution in [0.1, 0.15) is 0 Å². The van der Waals surface area contributed by atoms with Gasteiger partial charge in [0.15, 0.2) is 0 Å². The quantitative estimate of drug-likeness (QED) is 0.443. The van der Waals surface area contributed by atoms with E-state index < -0.39 is 23.0 Å². The Hall–Kier alpha value is 0.260. The molecule has 0 aromatic rings. The Morgan fingerprint density at radius 2 is 1.55 bits per heavy atom. The molecule has 0 unspecified atom stereocenters. The van der Waals surface area contributed by atoms with Crippen molar-refractivity contribution < 1.29 is 22.3 Å². The third kappa shape index (κ3) is 1.10. The van der Waals surface area contributed by atoms with E-state index in [1.54, 1.807) is 0 Å². The van der Waals surface area contributed by atoms with E-state index in [1.807, 2.05) is 0 Å². The first-order chi connectivity index (χ1) is 4.71. The van der Waals surface area contributed by atoms with Crippen LogP contribution in [0.25, 0.3) is 0 Å². The average Bonchev–Trinajstić information content (AvgIpc) is 1.93. The predicted octanol–water partition coefficient (Wildman–Crippen LogP) is 2.42. The molecule has 1 aliphatic heterocycles. The second-order valence-corrected chi connectivity index (χ2v) is 3.34. The maximum atomic E-state index is 12.4. The van der Waals surface area contributed by atoms with Gasteiger partial charge in [0, 0.05) is 0 Å². The van der Waals surface area contributed by atoms with Crippen molar-refractivity contribution in [2.45, 2.75) is 16.4 Å². The molecule has 0 bridgehead atoms. The summed E-state index contributed by atoms with van der Waals surface area (Å²) in [6.45, 7) is -1.47. The molecule has 1 rings (SSSR count). The van der Waals surface area contributed by atoms with Crippen molar-refractivity contribution in [2.75, 3.05) is 6.61 Å². The van der Waals surface area contributed by atoms with Crippen LogP contribution in [0.5, 0.6) is 0 Å². The number of halogens is 6. The highest BCUT2D eigenvalue weighted by molar-refractivity contribution is 6.48. The third-order valence-corrected chi connectivity index (χ3v) is 1.95. The lowest BCUT2D eigenvalue weighted by molar-refractivity contribution is -0.183. The minimum atomic E-state index is -4.54. The highest BCUT2D eigenvalue weighted by atomic mass is 35.5. The molecule has 7 heteroatoms. The Morgan fingerprint density at radius 3 is 1.64 bits per heavy atom. The summed E-state index contributed by atoms with van der Waals surface area (Å²) in [7, 11) is 0. The van der Waals surface area contributed by atoms with Gasteiger partial charge in [0.1, 0.15) is 6.61 Å². The molecule has 11 heavy (non-hydrogen) atoms. The highest BCUT2D eigenvalue weighted by Crippen LogP contribution is 2.54. The lowest BCUT2D eigenvalue weighted by Gasteiger charge is -2.22. The van der Waals surface area contributed by atoms with E-state index in [1.165, 1.54) is 0 Å². The van der Waals surface area contributed by atoms with Gasteiger partial charge in [-0.2, -0.15) is 17.6 Å². The number of hydrogen-bond donors (Lipinski definition) is 0. The van der Waals surface area contributed by atoms with E-state index in [9.17, 15) is 17.6 Å². The summed E-state index contributed by atoms with van der Waals surface area (Å²) >= 11 is 9.51. The van der Waals surface area contributed by atoms with Crippen LogP contribution in [-0.2, 0) is 4.74 Å². The largest absolute Gasteiger partial charge is 0.368 e. The van der Waals surface area contributed by atoms with Crippen LogP contribution in [0.3, 0.4) is 0 Å². The first kappa shape index (κ1) is 9.35. The Bertz CT molecular complexity index is 163. The molecule has 1 aliphatic rings. The fourth-order valence-electron chi connectivity index (χ4n) is 0.575. The van der Waals surface area contributed by atoms with Crippen molar-refractivity contribution in [3.05, 3.63) is 0 Å². The van der Waals surface area contributed by atoms with Gasteiger partial charge in [0.05, 0.1) is 0 Å². The normalized spacial score (nSPS) is 32.2. The van der Waals surface area contributed by atoms with Gasteiger partial charge in [-0.15, -0.1) is 0 Å². The van der Waals surface area contributed by atoms with Gasteiger partial charge in [0.25, 0.3) is 4.52 Å². The van der Waals surface area contributed by atoms with Gasteiger partial charge < -0.3 is 4.74 Å². The zero-order valence-corrected chi connectivity index (χ0v) is 6.39. The molecule has 1 fully saturated rings. The van der Waals surface area contributed by atoms with Gasteiger partial charge in [0.2, 0.25) is 0 Å². The van der Waals surface area contributed by atoms with Crippen molar-refractivity contribution in [2.24, 2.45) is 0 Å². The fraction of sp³-hybridized carbons (Fsp3) is 1.00. The van der Waals surface area contributed by atoms with Gasteiger partial charge in [-0.1, -0.05) is 23.2 Å². The third-order valence-electron chi connectivity index (χ3n) is 1.26. The molecule has 0 N–H and O–H groups in total. The van der Waals surface area contributed by atoms with Gasteiger partial charge in [-0.05, 0) is 0 Å². The topological polar surface area (TPSA) is 9.23 Å². The molecular weight excluding hydrogens is 211 g/mol. The lowest BCUT2D eigenvalue weighted by atomic mass is 10.2. The monoisotopic (exact) mass is 212 g/mol. The number of alkyl halides is 6. The second-order valence-electron chi connectivity index (χ2n) is 2.08. The smallest absolute Gasteiger partial charge is 0.335 e. The SMILES string of the molecule is FC1(F)COC(Cl)(Cl)C1(F)F. The van der Waals surface area contributed by atoms with Crippen LogP contribution in [-0.4, -0.2) is 23.0 Å². The Labute approximate surface area is 69.2 Å².